The third-order valence-electron chi connectivity index (χ3n) is 3.24. The molecule has 0 saturated carbocycles. The molecule has 0 atom stereocenters. The summed E-state index contributed by atoms with van der Waals surface area (Å²) in [6.45, 7) is 10.0. The molecule has 0 bridgehead atoms. The van der Waals surface area contributed by atoms with Crippen LogP contribution in [0, 0.1) is 5.92 Å². The fraction of sp³-hybridized carbons (Fsp3) is 0.667. The molecule has 0 amide bonds. The largest absolute Gasteiger partial charge is 0.380 e. The second-order valence-corrected chi connectivity index (χ2v) is 5.50. The Morgan fingerprint density at radius 3 is 2.95 bits per heavy atom. The summed E-state index contributed by atoms with van der Waals surface area (Å²) in [5, 5.41) is 3.44. The van der Waals surface area contributed by atoms with Crippen molar-refractivity contribution < 1.29 is 4.74 Å². The van der Waals surface area contributed by atoms with E-state index >= 15 is 0 Å². The zero-order valence-electron chi connectivity index (χ0n) is 12.1. The van der Waals surface area contributed by atoms with Crippen molar-refractivity contribution in [1.82, 2.24) is 10.3 Å². The molecule has 4 nitrogen and oxygen atoms in total. The Morgan fingerprint density at radius 1 is 1.32 bits per heavy atom. The van der Waals surface area contributed by atoms with Crippen molar-refractivity contribution in [3.63, 3.8) is 0 Å². The van der Waals surface area contributed by atoms with E-state index in [-0.39, 0.29) is 0 Å². The van der Waals surface area contributed by atoms with Crippen LogP contribution in [0.1, 0.15) is 25.8 Å². The number of nitrogens with one attached hydrogen (secondary N) is 1. The Labute approximate surface area is 116 Å². The smallest absolute Gasteiger partial charge is 0.128 e. The summed E-state index contributed by atoms with van der Waals surface area (Å²) in [6.07, 6.45) is 3.06. The number of rotatable bonds is 5. The van der Waals surface area contributed by atoms with Crippen molar-refractivity contribution in [3.8, 4) is 0 Å². The van der Waals surface area contributed by atoms with Gasteiger partial charge in [0.05, 0.1) is 6.61 Å². The molecule has 1 fully saturated rings. The summed E-state index contributed by atoms with van der Waals surface area (Å²) in [7, 11) is 0. The van der Waals surface area contributed by atoms with Gasteiger partial charge in [-0.1, -0.05) is 19.9 Å². The van der Waals surface area contributed by atoms with Gasteiger partial charge in [0, 0.05) is 32.4 Å². The summed E-state index contributed by atoms with van der Waals surface area (Å²) >= 11 is 0. The van der Waals surface area contributed by atoms with E-state index in [0.717, 1.165) is 51.6 Å². The van der Waals surface area contributed by atoms with Gasteiger partial charge in [0.2, 0.25) is 0 Å². The lowest BCUT2D eigenvalue weighted by molar-refractivity contribution is 0.152. The standard InChI is InChI=1S/C15H25N3O/c1-13(2)10-16-11-14-4-5-15(17-12-14)18-6-3-8-19-9-7-18/h4-5,12-13,16H,3,6-11H2,1-2H3. The average molecular weight is 263 g/mol. The van der Waals surface area contributed by atoms with Crippen LogP contribution in [0.25, 0.3) is 0 Å². The highest BCUT2D eigenvalue weighted by Gasteiger charge is 2.10. The Morgan fingerprint density at radius 2 is 2.21 bits per heavy atom. The zero-order chi connectivity index (χ0) is 13.5. The molecule has 1 aromatic heterocycles. The Balaban J connectivity index is 1.86. The van der Waals surface area contributed by atoms with Gasteiger partial charge >= 0.3 is 0 Å². The molecular weight excluding hydrogens is 238 g/mol. The van der Waals surface area contributed by atoms with Crippen LogP contribution >= 0.6 is 0 Å². The lowest BCUT2D eigenvalue weighted by Gasteiger charge is -2.20. The highest BCUT2D eigenvalue weighted by molar-refractivity contribution is 5.39. The van der Waals surface area contributed by atoms with Crippen LogP contribution in [-0.2, 0) is 11.3 Å². The van der Waals surface area contributed by atoms with Gasteiger partial charge in [-0.3, -0.25) is 0 Å². The molecule has 1 N–H and O–H groups in total. The molecule has 4 heteroatoms. The van der Waals surface area contributed by atoms with Gasteiger partial charge in [-0.15, -0.1) is 0 Å². The first-order valence-electron chi connectivity index (χ1n) is 7.24. The molecule has 1 aliphatic rings. The van der Waals surface area contributed by atoms with Gasteiger partial charge in [0.25, 0.3) is 0 Å². The van der Waals surface area contributed by atoms with E-state index in [1.807, 2.05) is 6.20 Å². The van der Waals surface area contributed by atoms with E-state index in [1.54, 1.807) is 0 Å². The molecule has 1 aromatic rings. The van der Waals surface area contributed by atoms with E-state index in [1.165, 1.54) is 5.56 Å². The number of hydrogen-bond donors (Lipinski definition) is 1. The molecule has 0 unspecified atom stereocenters. The summed E-state index contributed by atoms with van der Waals surface area (Å²) in [4.78, 5) is 6.88. The normalized spacial score (nSPS) is 16.7. The maximum atomic E-state index is 5.47. The second kappa shape index (κ2) is 7.46. The van der Waals surface area contributed by atoms with E-state index in [2.05, 4.69) is 41.2 Å². The van der Waals surface area contributed by atoms with E-state index in [4.69, 9.17) is 4.74 Å². The number of anilines is 1. The predicted molar refractivity (Wildman–Crippen MR) is 78.4 cm³/mol. The zero-order valence-corrected chi connectivity index (χ0v) is 12.1. The van der Waals surface area contributed by atoms with Crippen LogP contribution in [0.2, 0.25) is 0 Å². The highest BCUT2D eigenvalue weighted by atomic mass is 16.5. The molecule has 0 aliphatic carbocycles. The average Bonchev–Trinajstić information content (AvgIpc) is 2.68. The summed E-state index contributed by atoms with van der Waals surface area (Å²) in [5.41, 5.74) is 1.25. The number of aromatic nitrogens is 1. The number of nitrogens with zero attached hydrogens (tertiary/aromatic N) is 2. The lowest BCUT2D eigenvalue weighted by atomic mass is 10.2. The molecule has 1 saturated heterocycles. The van der Waals surface area contributed by atoms with Crippen LogP contribution in [-0.4, -0.2) is 37.8 Å². The first-order chi connectivity index (χ1) is 9.25. The van der Waals surface area contributed by atoms with Crippen LogP contribution in [0.3, 0.4) is 0 Å². The molecule has 2 rings (SSSR count). The third-order valence-corrected chi connectivity index (χ3v) is 3.24. The van der Waals surface area contributed by atoms with Gasteiger partial charge in [0.1, 0.15) is 5.82 Å². The van der Waals surface area contributed by atoms with E-state index in [0.29, 0.717) is 5.92 Å². The first-order valence-corrected chi connectivity index (χ1v) is 7.24. The molecule has 0 radical (unpaired) electrons. The van der Waals surface area contributed by atoms with E-state index in [9.17, 15) is 0 Å². The van der Waals surface area contributed by atoms with Gasteiger partial charge < -0.3 is 15.0 Å². The maximum absolute atomic E-state index is 5.47. The monoisotopic (exact) mass is 263 g/mol. The lowest BCUT2D eigenvalue weighted by Crippen LogP contribution is -2.26. The molecule has 2 heterocycles. The molecule has 1 aliphatic heterocycles. The summed E-state index contributed by atoms with van der Waals surface area (Å²) in [6, 6.07) is 4.29. The predicted octanol–water partition coefficient (Wildman–Crippen LogP) is 2.05. The SMILES string of the molecule is CC(C)CNCc1ccc(N2CCCOCC2)nc1. The fourth-order valence-corrected chi connectivity index (χ4v) is 2.19. The van der Waals surface area contributed by atoms with Crippen LogP contribution < -0.4 is 10.2 Å². The molecule has 0 spiro atoms. The van der Waals surface area contributed by atoms with Crippen molar-refractivity contribution in [2.75, 3.05) is 37.7 Å². The van der Waals surface area contributed by atoms with Crippen molar-refractivity contribution in [2.24, 2.45) is 5.92 Å². The number of hydrogen-bond acceptors (Lipinski definition) is 4. The van der Waals surface area contributed by atoms with Gasteiger partial charge in [-0.05, 0) is 30.5 Å². The van der Waals surface area contributed by atoms with Gasteiger partial charge in [0.15, 0.2) is 0 Å². The van der Waals surface area contributed by atoms with Crippen molar-refractivity contribution in [3.05, 3.63) is 23.9 Å². The van der Waals surface area contributed by atoms with Crippen molar-refractivity contribution in [1.29, 1.82) is 0 Å². The highest BCUT2D eigenvalue weighted by Crippen LogP contribution is 2.13. The minimum absolute atomic E-state index is 0.685. The quantitative estimate of drug-likeness (QED) is 0.882. The first kappa shape index (κ1) is 14.3. The number of ether oxygens (including phenoxy) is 1. The number of pyridine rings is 1. The maximum Gasteiger partial charge on any atom is 0.128 e. The molecular formula is C15H25N3O. The Kier molecular flexibility index (Phi) is 5.61. The summed E-state index contributed by atoms with van der Waals surface area (Å²) < 4.78 is 5.47. The van der Waals surface area contributed by atoms with E-state index < -0.39 is 0 Å². The van der Waals surface area contributed by atoms with Crippen molar-refractivity contribution >= 4 is 5.82 Å². The topological polar surface area (TPSA) is 37.4 Å². The Bertz CT molecular complexity index is 356. The second-order valence-electron chi connectivity index (χ2n) is 5.50. The minimum Gasteiger partial charge on any atom is -0.380 e. The van der Waals surface area contributed by atoms with Crippen LogP contribution in [0.5, 0.6) is 0 Å². The van der Waals surface area contributed by atoms with Gasteiger partial charge in [-0.25, -0.2) is 4.98 Å². The molecule has 19 heavy (non-hydrogen) atoms. The van der Waals surface area contributed by atoms with Gasteiger partial charge in [-0.2, -0.15) is 0 Å². The van der Waals surface area contributed by atoms with Crippen LogP contribution in [0.4, 0.5) is 5.82 Å². The Hall–Kier alpha value is -1.13. The molecule has 0 aromatic carbocycles. The fourth-order valence-electron chi connectivity index (χ4n) is 2.19. The minimum atomic E-state index is 0.685. The summed E-state index contributed by atoms with van der Waals surface area (Å²) in [5.74, 6) is 1.75. The third kappa shape index (κ3) is 4.80. The molecule has 106 valence electrons. The van der Waals surface area contributed by atoms with Crippen molar-refractivity contribution in [2.45, 2.75) is 26.8 Å². The van der Waals surface area contributed by atoms with Crippen LogP contribution in [0.15, 0.2) is 18.3 Å².